The molecule has 4 N–H and O–H groups in total. The minimum atomic E-state index is -1.08. The van der Waals surface area contributed by atoms with Crippen LogP contribution >= 0.6 is 15.9 Å². The number of carbonyl (C=O) groups is 2. The number of benzene rings is 4. The molecule has 14 nitrogen and oxygen atoms in total. The van der Waals surface area contributed by atoms with Gasteiger partial charge in [-0.15, -0.1) is 0 Å². The Balaban J connectivity index is 0.000000137. The summed E-state index contributed by atoms with van der Waals surface area (Å²) in [7, 11) is 3.40. The lowest BCUT2D eigenvalue weighted by atomic mass is 9.61. The van der Waals surface area contributed by atoms with Gasteiger partial charge in [0, 0.05) is 40.5 Å². The summed E-state index contributed by atoms with van der Waals surface area (Å²) in [6.45, 7) is 5.84. The van der Waals surface area contributed by atoms with E-state index in [1.54, 1.807) is 26.2 Å². The Hall–Kier alpha value is -7.36. The smallest absolute Gasteiger partial charge is 0.262 e. The van der Waals surface area contributed by atoms with E-state index in [-0.39, 0.29) is 29.1 Å². The summed E-state index contributed by atoms with van der Waals surface area (Å²) in [5.74, 6) is 2.05. The van der Waals surface area contributed by atoms with Gasteiger partial charge >= 0.3 is 0 Å². The number of nitrogens with two attached hydrogens (primary N) is 2. The largest absolute Gasteiger partial charge is 0.369 e. The van der Waals surface area contributed by atoms with Crippen LogP contribution < -0.4 is 11.5 Å². The van der Waals surface area contributed by atoms with Crippen molar-refractivity contribution in [1.82, 2.24) is 20.1 Å². The molecule has 2 aromatic heterocycles. The second-order valence-electron chi connectivity index (χ2n) is 19.0. The predicted octanol–water partition coefficient (Wildman–Crippen LogP) is 7.56. The number of hydrogen-bond acceptors (Lipinski definition) is 12. The highest BCUT2D eigenvalue weighted by Gasteiger charge is 2.68. The number of aliphatic imine (C=N–C) groups is 2. The van der Waals surface area contributed by atoms with E-state index in [0.29, 0.717) is 12.0 Å². The van der Waals surface area contributed by atoms with Crippen molar-refractivity contribution in [2.24, 2.45) is 32.3 Å². The number of nitriles is 2. The second-order valence-corrected chi connectivity index (χ2v) is 19.9. The first-order chi connectivity index (χ1) is 32.6. The summed E-state index contributed by atoms with van der Waals surface area (Å²) in [6.07, 6.45) is 6.06. The number of fused-ring (bicyclic) bond motifs is 8. The van der Waals surface area contributed by atoms with Crippen LogP contribution in [0, 0.1) is 54.3 Å². The lowest BCUT2D eigenvalue weighted by molar-refractivity contribution is -0.136. The van der Waals surface area contributed by atoms with E-state index in [1.165, 1.54) is 15.4 Å². The molecule has 0 saturated carbocycles. The van der Waals surface area contributed by atoms with Crippen molar-refractivity contribution >= 4 is 39.7 Å². The zero-order valence-electron chi connectivity index (χ0n) is 38.5. The molecule has 0 fully saturated rings. The van der Waals surface area contributed by atoms with Crippen LogP contribution in [0.1, 0.15) is 85.8 Å². The van der Waals surface area contributed by atoms with Crippen molar-refractivity contribution in [1.29, 1.82) is 10.5 Å². The van der Waals surface area contributed by atoms with Crippen molar-refractivity contribution in [2.75, 3.05) is 14.1 Å². The van der Waals surface area contributed by atoms with Crippen LogP contribution in [0.3, 0.4) is 0 Å². The number of halogens is 1. The quantitative estimate of drug-likeness (QED) is 0.165. The Morgan fingerprint density at radius 2 is 1.12 bits per heavy atom. The average molecular weight is 970 g/mol. The monoisotopic (exact) mass is 968 g/mol. The van der Waals surface area contributed by atoms with E-state index >= 15 is 0 Å². The number of likely N-dealkylation sites (N-methyl/N-ethyl adjacent to an activating group) is 2. The Labute approximate surface area is 402 Å². The Morgan fingerprint density at radius 1 is 0.632 bits per heavy atom. The van der Waals surface area contributed by atoms with Gasteiger partial charge in [0.05, 0.1) is 34.7 Å². The molecule has 4 unspecified atom stereocenters. The van der Waals surface area contributed by atoms with Gasteiger partial charge < -0.3 is 20.5 Å². The maximum Gasteiger partial charge on any atom is 0.262 e. The molecular weight excluding hydrogens is 921 g/mol. The fraction of sp³-hybridized carbons (Fsp3) is 0.321. The predicted molar refractivity (Wildman–Crippen MR) is 258 cm³/mol. The maximum atomic E-state index is 13.9. The fourth-order valence-electron chi connectivity index (χ4n) is 11.9. The van der Waals surface area contributed by atoms with Gasteiger partial charge in [-0.1, -0.05) is 68.7 Å². The lowest BCUT2D eigenvalue weighted by Gasteiger charge is -2.43. The van der Waals surface area contributed by atoms with Crippen molar-refractivity contribution in [3.63, 3.8) is 0 Å². The molecule has 6 aromatic rings. The summed E-state index contributed by atoms with van der Waals surface area (Å²) in [5.41, 5.74) is 22.3. The number of hydrogen-bond donors (Lipinski definition) is 2. The number of aromatic nitrogens is 2. The number of nitrogens with zero attached hydrogens (tertiary/aromatic N) is 8. The molecule has 12 rings (SSSR count). The number of amides is 2. The van der Waals surface area contributed by atoms with Crippen LogP contribution in [0.25, 0.3) is 11.1 Å². The third kappa shape index (κ3) is 6.54. The minimum absolute atomic E-state index is 0.0376. The molecule has 342 valence electrons. The summed E-state index contributed by atoms with van der Waals surface area (Å²) < 4.78 is 11.9. The van der Waals surface area contributed by atoms with Crippen LogP contribution in [0.15, 0.2) is 108 Å². The second kappa shape index (κ2) is 16.2. The van der Waals surface area contributed by atoms with E-state index in [1.807, 2.05) is 69.3 Å². The molecule has 0 saturated heterocycles. The molecule has 2 amide bonds. The molecule has 68 heavy (non-hydrogen) atoms. The van der Waals surface area contributed by atoms with Gasteiger partial charge in [0.15, 0.2) is 23.0 Å². The Kier molecular flexibility index (Phi) is 10.6. The van der Waals surface area contributed by atoms with Gasteiger partial charge in [-0.05, 0) is 154 Å². The third-order valence-corrected chi connectivity index (χ3v) is 15.8. The zero-order valence-corrected chi connectivity index (χ0v) is 40.1. The van der Waals surface area contributed by atoms with Crippen molar-refractivity contribution < 1.29 is 18.6 Å². The molecule has 6 aliphatic rings. The van der Waals surface area contributed by atoms with Gasteiger partial charge in [-0.25, -0.2) is 9.98 Å². The van der Waals surface area contributed by atoms with E-state index in [0.717, 1.165) is 122 Å². The molecule has 0 radical (unpaired) electrons. The average Bonchev–Trinajstić information content (AvgIpc) is 4.14. The first kappa shape index (κ1) is 44.5. The molecule has 15 heteroatoms. The molecule has 4 heterocycles. The summed E-state index contributed by atoms with van der Waals surface area (Å²) in [4.78, 5) is 40.1. The molecule has 4 atom stereocenters. The normalized spacial score (nSPS) is 24.6. The topological polar surface area (TPSA) is 217 Å². The van der Waals surface area contributed by atoms with Crippen LogP contribution in [0.4, 0.5) is 0 Å². The highest BCUT2D eigenvalue weighted by atomic mass is 79.9. The third-order valence-electron chi connectivity index (χ3n) is 15.3. The molecule has 4 aromatic carbocycles. The molecular formula is C53H49BrN10O4. The first-order valence-corrected chi connectivity index (χ1v) is 23.4. The van der Waals surface area contributed by atoms with Crippen LogP contribution in [-0.2, 0) is 59.2 Å². The van der Waals surface area contributed by atoms with Crippen molar-refractivity contribution in [3.05, 3.63) is 162 Å². The number of carbonyl (C=O) groups excluding carboxylic acids is 2. The number of rotatable bonds is 1. The number of guanidine groups is 2. The standard InChI is InChI=1S/C26H23N5O2.C19H19BrN4O2.C8H7N/c1-15-20-13-25(9-8-22(20)30-33-15)12-19-7-6-18(17-5-3-4-16(10-17)14-27)11-21(19)26(25)23(32)31(2)24(28)29-26;1-10-13-9-18(6-5-15(13)23-26-10)8-11-3-4-12(20)7-14(11)19(18)16(25)24(2)17(21)22-19;1-7-3-2-4-8(5-7)6-9/h3-7,10-11H,8-9,12-13H2,1-2H3,(H2,28,29);3-4,7H,5-6,8-9H2,1-2H3,(H2,21,22);2-5H,1H3. The molecule has 0 bridgehead atoms. The van der Waals surface area contributed by atoms with E-state index in [4.69, 9.17) is 35.8 Å². The molecule has 4 aliphatic carbocycles. The van der Waals surface area contributed by atoms with E-state index < -0.39 is 16.5 Å². The van der Waals surface area contributed by atoms with E-state index in [2.05, 4.69) is 62.6 Å². The highest BCUT2D eigenvalue weighted by molar-refractivity contribution is 9.10. The Morgan fingerprint density at radius 3 is 1.60 bits per heavy atom. The van der Waals surface area contributed by atoms with E-state index in [9.17, 15) is 14.9 Å². The molecule has 4 spiro atoms. The van der Waals surface area contributed by atoms with Crippen molar-refractivity contribution in [3.8, 4) is 23.3 Å². The maximum absolute atomic E-state index is 13.9. The number of aryl methyl sites for hydroxylation is 5. The fourth-order valence-corrected chi connectivity index (χ4v) is 12.2. The van der Waals surface area contributed by atoms with Gasteiger partial charge in [-0.3, -0.25) is 19.4 Å². The van der Waals surface area contributed by atoms with Gasteiger partial charge in [0.25, 0.3) is 11.8 Å². The van der Waals surface area contributed by atoms with Crippen LogP contribution in [0.5, 0.6) is 0 Å². The first-order valence-electron chi connectivity index (χ1n) is 22.6. The Bertz CT molecular complexity index is 3270. The lowest BCUT2D eigenvalue weighted by Crippen LogP contribution is -2.51. The minimum Gasteiger partial charge on any atom is -0.369 e. The van der Waals surface area contributed by atoms with Crippen LogP contribution in [0.2, 0.25) is 0 Å². The highest BCUT2D eigenvalue weighted by Crippen LogP contribution is 2.63. The summed E-state index contributed by atoms with van der Waals surface area (Å²) in [6, 6.07) is 31.7. The van der Waals surface area contributed by atoms with Crippen molar-refractivity contribution in [2.45, 2.75) is 83.2 Å². The SMILES string of the molecule is Cc1cccc(C#N)c1.Cc1onc2c1CC1(CC2)Cc2ccc(-c3cccc(C#N)c3)cc2C12N=C(N)N(C)C2=O.Cc1onc2c1CC1(CC2)Cc2ccc(Br)cc2C12N=C(N)N(C)C2=O. The molecule has 2 aliphatic heterocycles. The van der Waals surface area contributed by atoms with Crippen LogP contribution in [-0.4, -0.2) is 57.9 Å². The van der Waals surface area contributed by atoms with Gasteiger partial charge in [-0.2, -0.15) is 10.5 Å². The van der Waals surface area contributed by atoms with Gasteiger partial charge in [0.1, 0.15) is 11.5 Å². The van der Waals surface area contributed by atoms with Gasteiger partial charge in [0.2, 0.25) is 0 Å². The summed E-state index contributed by atoms with van der Waals surface area (Å²) in [5, 5.41) is 26.2. The summed E-state index contributed by atoms with van der Waals surface area (Å²) >= 11 is 3.56. The zero-order chi connectivity index (χ0) is 47.9.